The summed E-state index contributed by atoms with van der Waals surface area (Å²) in [6.45, 7) is 2.43. The fourth-order valence-electron chi connectivity index (χ4n) is 1.46. The molecule has 2 N–H and O–H groups in total. The number of amides is 1. The van der Waals surface area contributed by atoms with E-state index in [4.69, 9.17) is 10.2 Å². The Balaban J connectivity index is 2.51. The lowest BCUT2D eigenvalue weighted by Crippen LogP contribution is -2.36. The first-order valence-electron chi connectivity index (χ1n) is 4.20. The van der Waals surface area contributed by atoms with Gasteiger partial charge in [-0.1, -0.05) is 0 Å². The molecule has 1 amide bonds. The highest BCUT2D eigenvalue weighted by atomic mass is 16.3. The van der Waals surface area contributed by atoms with Crippen molar-refractivity contribution in [1.82, 2.24) is 4.90 Å². The van der Waals surface area contributed by atoms with Gasteiger partial charge in [0.1, 0.15) is 0 Å². The van der Waals surface area contributed by atoms with Gasteiger partial charge in [0, 0.05) is 25.5 Å². The second kappa shape index (κ2) is 3.87. The van der Waals surface area contributed by atoms with Crippen molar-refractivity contribution in [2.75, 3.05) is 19.8 Å². The zero-order chi connectivity index (χ0) is 9.14. The van der Waals surface area contributed by atoms with Crippen LogP contribution in [0.2, 0.25) is 0 Å². The van der Waals surface area contributed by atoms with Crippen molar-refractivity contribution in [3.05, 3.63) is 0 Å². The molecule has 1 heterocycles. The van der Waals surface area contributed by atoms with E-state index in [1.165, 1.54) is 0 Å². The molecule has 0 aliphatic carbocycles. The maximum Gasteiger partial charge on any atom is 0.223 e. The van der Waals surface area contributed by atoms with Crippen molar-refractivity contribution in [2.24, 2.45) is 5.92 Å². The van der Waals surface area contributed by atoms with Crippen LogP contribution in [0.3, 0.4) is 0 Å². The van der Waals surface area contributed by atoms with Crippen molar-refractivity contribution in [2.45, 2.75) is 19.4 Å². The topological polar surface area (TPSA) is 60.8 Å². The van der Waals surface area contributed by atoms with E-state index in [9.17, 15) is 4.79 Å². The number of aliphatic hydroxyl groups is 2. The number of likely N-dealkylation sites (tertiary alicyclic amines) is 1. The van der Waals surface area contributed by atoms with Crippen LogP contribution in [0.5, 0.6) is 0 Å². The Labute approximate surface area is 71.8 Å². The number of rotatable bonds is 3. The molecular formula is C8H15NO3. The first kappa shape index (κ1) is 9.48. The molecule has 70 valence electrons. The first-order valence-corrected chi connectivity index (χ1v) is 4.20. The summed E-state index contributed by atoms with van der Waals surface area (Å²) in [5.41, 5.74) is 0. The second-order valence-electron chi connectivity index (χ2n) is 3.33. The molecule has 1 saturated heterocycles. The minimum atomic E-state index is -0.117. The Morgan fingerprint density at radius 2 is 2.33 bits per heavy atom. The summed E-state index contributed by atoms with van der Waals surface area (Å²) in [7, 11) is 0. The fourth-order valence-corrected chi connectivity index (χ4v) is 1.46. The van der Waals surface area contributed by atoms with E-state index in [-0.39, 0.29) is 31.1 Å². The van der Waals surface area contributed by atoms with Crippen LogP contribution < -0.4 is 0 Å². The molecule has 1 aliphatic heterocycles. The van der Waals surface area contributed by atoms with Crippen LogP contribution >= 0.6 is 0 Å². The van der Waals surface area contributed by atoms with Gasteiger partial charge in [-0.2, -0.15) is 0 Å². The summed E-state index contributed by atoms with van der Waals surface area (Å²) in [5, 5.41) is 17.6. The third-order valence-electron chi connectivity index (χ3n) is 2.29. The number of aliphatic hydroxyl groups excluding tert-OH is 2. The Morgan fingerprint density at radius 3 is 2.75 bits per heavy atom. The molecule has 1 fully saturated rings. The average molecular weight is 173 g/mol. The molecule has 0 aromatic carbocycles. The molecule has 2 unspecified atom stereocenters. The smallest absolute Gasteiger partial charge is 0.223 e. The number of carbonyl (C=O) groups excluding carboxylic acids is 1. The van der Waals surface area contributed by atoms with E-state index in [0.29, 0.717) is 13.0 Å². The Kier molecular flexibility index (Phi) is 3.05. The van der Waals surface area contributed by atoms with Gasteiger partial charge in [0.2, 0.25) is 5.91 Å². The van der Waals surface area contributed by atoms with E-state index in [2.05, 4.69) is 0 Å². The van der Waals surface area contributed by atoms with Crippen molar-refractivity contribution >= 4 is 5.91 Å². The van der Waals surface area contributed by atoms with Crippen LogP contribution in [-0.2, 0) is 4.79 Å². The van der Waals surface area contributed by atoms with Gasteiger partial charge in [0.15, 0.2) is 0 Å². The van der Waals surface area contributed by atoms with Gasteiger partial charge in [-0.3, -0.25) is 4.79 Å². The van der Waals surface area contributed by atoms with Crippen molar-refractivity contribution in [3.63, 3.8) is 0 Å². The Hall–Kier alpha value is -0.610. The standard InChI is InChI=1S/C8H15NO3/c1-6(4-10)9-3-7(5-11)2-8(9)12/h6-7,10-11H,2-5H2,1H3. The van der Waals surface area contributed by atoms with Gasteiger partial charge in [0.05, 0.1) is 12.6 Å². The van der Waals surface area contributed by atoms with E-state index < -0.39 is 0 Å². The van der Waals surface area contributed by atoms with E-state index in [0.717, 1.165) is 0 Å². The SMILES string of the molecule is CC(CO)N1CC(CO)CC1=O. The monoisotopic (exact) mass is 173 g/mol. The van der Waals surface area contributed by atoms with Crippen LogP contribution in [0.25, 0.3) is 0 Å². The number of carbonyl (C=O) groups is 1. The molecule has 12 heavy (non-hydrogen) atoms. The number of hydrogen-bond acceptors (Lipinski definition) is 3. The summed E-state index contributed by atoms with van der Waals surface area (Å²) >= 11 is 0. The van der Waals surface area contributed by atoms with Crippen LogP contribution in [0.15, 0.2) is 0 Å². The molecule has 1 rings (SSSR count). The molecule has 1 aliphatic rings. The van der Waals surface area contributed by atoms with Crippen molar-refractivity contribution in [3.8, 4) is 0 Å². The molecule has 0 saturated carbocycles. The van der Waals surface area contributed by atoms with E-state index in [1.54, 1.807) is 11.8 Å². The summed E-state index contributed by atoms with van der Waals surface area (Å²) in [6, 6.07) is -0.117. The van der Waals surface area contributed by atoms with Crippen LogP contribution in [0, 0.1) is 5.92 Å². The van der Waals surface area contributed by atoms with Gasteiger partial charge in [-0.25, -0.2) is 0 Å². The molecular weight excluding hydrogens is 158 g/mol. The quantitative estimate of drug-likeness (QED) is 0.588. The molecule has 0 spiro atoms. The largest absolute Gasteiger partial charge is 0.396 e. The highest BCUT2D eigenvalue weighted by Crippen LogP contribution is 2.19. The van der Waals surface area contributed by atoms with Gasteiger partial charge < -0.3 is 15.1 Å². The lowest BCUT2D eigenvalue weighted by Gasteiger charge is -2.22. The Bertz CT molecular complexity index is 172. The van der Waals surface area contributed by atoms with Crippen molar-refractivity contribution < 1.29 is 15.0 Å². The predicted molar refractivity (Wildman–Crippen MR) is 43.5 cm³/mol. The predicted octanol–water partition coefficient (Wildman–Crippen LogP) is -0.792. The Morgan fingerprint density at radius 1 is 1.67 bits per heavy atom. The molecule has 0 aromatic rings. The maximum absolute atomic E-state index is 11.2. The maximum atomic E-state index is 11.2. The van der Waals surface area contributed by atoms with Crippen LogP contribution in [-0.4, -0.2) is 46.8 Å². The lowest BCUT2D eigenvalue weighted by atomic mass is 10.1. The average Bonchev–Trinajstić information content (AvgIpc) is 2.45. The third-order valence-corrected chi connectivity index (χ3v) is 2.29. The molecule has 0 bridgehead atoms. The second-order valence-corrected chi connectivity index (χ2v) is 3.33. The third kappa shape index (κ3) is 1.76. The van der Waals surface area contributed by atoms with Crippen molar-refractivity contribution in [1.29, 1.82) is 0 Å². The number of nitrogens with zero attached hydrogens (tertiary/aromatic N) is 1. The molecule has 4 nitrogen and oxygen atoms in total. The molecule has 4 heteroatoms. The summed E-state index contributed by atoms with van der Waals surface area (Å²) in [6.07, 6.45) is 0.418. The van der Waals surface area contributed by atoms with Gasteiger partial charge in [0.25, 0.3) is 0 Å². The van der Waals surface area contributed by atoms with Gasteiger partial charge in [-0.05, 0) is 6.92 Å². The van der Waals surface area contributed by atoms with Gasteiger partial charge >= 0.3 is 0 Å². The summed E-state index contributed by atoms with van der Waals surface area (Å²) in [4.78, 5) is 12.9. The normalized spacial score (nSPS) is 26.4. The van der Waals surface area contributed by atoms with Crippen LogP contribution in [0.1, 0.15) is 13.3 Å². The number of hydrogen-bond donors (Lipinski definition) is 2. The van der Waals surface area contributed by atoms with E-state index >= 15 is 0 Å². The zero-order valence-electron chi connectivity index (χ0n) is 7.23. The molecule has 0 radical (unpaired) electrons. The zero-order valence-corrected chi connectivity index (χ0v) is 7.23. The van der Waals surface area contributed by atoms with E-state index in [1.807, 2.05) is 0 Å². The van der Waals surface area contributed by atoms with Crippen LogP contribution in [0.4, 0.5) is 0 Å². The minimum absolute atomic E-state index is 0.0100. The highest BCUT2D eigenvalue weighted by molar-refractivity contribution is 5.78. The molecule has 0 aromatic heterocycles. The minimum Gasteiger partial charge on any atom is -0.396 e. The molecule has 2 atom stereocenters. The first-order chi connectivity index (χ1) is 5.69. The summed E-state index contributed by atoms with van der Waals surface area (Å²) < 4.78 is 0. The highest BCUT2D eigenvalue weighted by Gasteiger charge is 2.31. The van der Waals surface area contributed by atoms with Gasteiger partial charge in [-0.15, -0.1) is 0 Å². The fraction of sp³-hybridized carbons (Fsp3) is 0.875. The lowest BCUT2D eigenvalue weighted by molar-refractivity contribution is -0.130. The summed E-state index contributed by atoms with van der Waals surface area (Å²) in [5.74, 6) is 0.0992.